The van der Waals surface area contributed by atoms with Crippen LogP contribution in [0.5, 0.6) is 0 Å². The van der Waals surface area contributed by atoms with Gasteiger partial charge in [0.15, 0.2) is 0 Å². The first kappa shape index (κ1) is 18.7. The molecule has 0 aliphatic carbocycles. The Morgan fingerprint density at radius 3 is 2.33 bits per heavy atom. The van der Waals surface area contributed by atoms with Gasteiger partial charge in [-0.05, 0) is 30.3 Å². The van der Waals surface area contributed by atoms with Crippen LogP contribution < -0.4 is 10.6 Å². The highest BCUT2D eigenvalue weighted by molar-refractivity contribution is 6.31. The Morgan fingerprint density at radius 1 is 0.963 bits per heavy atom. The van der Waals surface area contributed by atoms with Crippen LogP contribution in [-0.2, 0) is 6.18 Å². The predicted molar refractivity (Wildman–Crippen MR) is 96.2 cm³/mol. The summed E-state index contributed by atoms with van der Waals surface area (Å²) in [4.78, 5) is 20.1. The van der Waals surface area contributed by atoms with Crippen molar-refractivity contribution in [1.82, 2.24) is 9.97 Å². The second-order valence-electron chi connectivity index (χ2n) is 5.42. The van der Waals surface area contributed by atoms with Gasteiger partial charge in [0.2, 0.25) is 0 Å². The van der Waals surface area contributed by atoms with Gasteiger partial charge < -0.3 is 10.6 Å². The molecule has 0 saturated carbocycles. The van der Waals surface area contributed by atoms with Crippen LogP contribution in [0.3, 0.4) is 0 Å². The highest BCUT2D eigenvalue weighted by Crippen LogP contribution is 2.36. The quantitative estimate of drug-likeness (QED) is 0.644. The van der Waals surface area contributed by atoms with Crippen molar-refractivity contribution in [2.45, 2.75) is 6.18 Å². The van der Waals surface area contributed by atoms with Gasteiger partial charge in [-0.2, -0.15) is 13.2 Å². The van der Waals surface area contributed by atoms with Gasteiger partial charge in [-0.3, -0.25) is 4.79 Å². The van der Waals surface area contributed by atoms with E-state index in [4.69, 9.17) is 11.6 Å². The maximum Gasteiger partial charge on any atom is 0.417 e. The summed E-state index contributed by atoms with van der Waals surface area (Å²) in [5.41, 5.74) is -0.146. The number of hydrogen-bond donors (Lipinski definition) is 2. The minimum atomic E-state index is -4.57. The summed E-state index contributed by atoms with van der Waals surface area (Å²) in [5, 5.41) is 4.96. The fraction of sp³-hybridized carbons (Fsp3) is 0.0556. The minimum absolute atomic E-state index is 0.0662. The van der Waals surface area contributed by atoms with E-state index in [1.165, 1.54) is 18.5 Å². The first-order valence-electron chi connectivity index (χ1n) is 7.65. The average molecular weight is 393 g/mol. The highest BCUT2D eigenvalue weighted by Gasteiger charge is 2.33. The fourth-order valence-corrected chi connectivity index (χ4v) is 2.42. The lowest BCUT2D eigenvalue weighted by atomic mass is 10.2. The van der Waals surface area contributed by atoms with Crippen LogP contribution in [-0.4, -0.2) is 15.9 Å². The van der Waals surface area contributed by atoms with Crippen molar-refractivity contribution in [1.29, 1.82) is 0 Å². The second kappa shape index (κ2) is 7.63. The molecule has 0 fully saturated rings. The minimum Gasteiger partial charge on any atom is -0.339 e. The number of benzene rings is 2. The molecule has 3 aromatic rings. The molecule has 0 atom stereocenters. The number of nitrogens with one attached hydrogen (secondary N) is 2. The molecule has 0 aliphatic heterocycles. The first-order chi connectivity index (χ1) is 12.8. The van der Waals surface area contributed by atoms with Gasteiger partial charge >= 0.3 is 6.18 Å². The van der Waals surface area contributed by atoms with Gasteiger partial charge in [0.1, 0.15) is 11.5 Å². The van der Waals surface area contributed by atoms with Gasteiger partial charge in [-0.25, -0.2) is 9.97 Å². The number of halogens is 4. The molecule has 0 aliphatic rings. The second-order valence-corrected chi connectivity index (χ2v) is 5.83. The number of alkyl halides is 3. The van der Waals surface area contributed by atoms with Crippen molar-refractivity contribution in [2.24, 2.45) is 0 Å². The third-order valence-corrected chi connectivity index (χ3v) is 3.79. The largest absolute Gasteiger partial charge is 0.417 e. The fourth-order valence-electron chi connectivity index (χ4n) is 2.19. The van der Waals surface area contributed by atoms with Gasteiger partial charge in [-0.15, -0.1) is 0 Å². The summed E-state index contributed by atoms with van der Waals surface area (Å²) >= 11 is 5.59. The van der Waals surface area contributed by atoms with Gasteiger partial charge in [0.05, 0.1) is 23.0 Å². The summed E-state index contributed by atoms with van der Waals surface area (Å²) in [6.45, 7) is 0. The molecule has 2 aromatic carbocycles. The number of aromatic nitrogens is 2. The molecule has 1 aromatic heterocycles. The van der Waals surface area contributed by atoms with Crippen molar-refractivity contribution in [3.05, 3.63) is 77.2 Å². The summed E-state index contributed by atoms with van der Waals surface area (Å²) < 4.78 is 38.7. The van der Waals surface area contributed by atoms with Crippen molar-refractivity contribution in [3.63, 3.8) is 0 Å². The predicted octanol–water partition coefficient (Wildman–Crippen LogP) is 5.14. The maximum absolute atomic E-state index is 12.9. The number of carbonyl (C=O) groups is 1. The lowest BCUT2D eigenvalue weighted by Crippen LogP contribution is -2.14. The molecular formula is C18H12ClF3N4O. The molecule has 2 N–H and O–H groups in total. The van der Waals surface area contributed by atoms with Gasteiger partial charge in [0, 0.05) is 11.4 Å². The van der Waals surface area contributed by atoms with Crippen LogP contribution in [0.1, 0.15) is 16.1 Å². The van der Waals surface area contributed by atoms with Gasteiger partial charge in [0.25, 0.3) is 5.91 Å². The Labute approximate surface area is 157 Å². The molecule has 27 heavy (non-hydrogen) atoms. The van der Waals surface area contributed by atoms with Crippen LogP contribution >= 0.6 is 11.6 Å². The van der Waals surface area contributed by atoms with E-state index < -0.39 is 22.7 Å². The van der Waals surface area contributed by atoms with Crippen LogP contribution in [0.4, 0.5) is 30.4 Å². The van der Waals surface area contributed by atoms with E-state index in [1.807, 2.05) is 6.07 Å². The Balaban J connectivity index is 1.72. The van der Waals surface area contributed by atoms with Crippen LogP contribution in [0.15, 0.2) is 60.9 Å². The number of nitrogens with zero attached hydrogens (tertiary/aromatic N) is 2. The zero-order chi connectivity index (χ0) is 19.4. The van der Waals surface area contributed by atoms with E-state index in [2.05, 4.69) is 20.6 Å². The maximum atomic E-state index is 12.9. The molecule has 9 heteroatoms. The SMILES string of the molecule is O=C(Nc1ccccc1)c1cnc(Nc2ccc(Cl)c(C(F)(F)F)c2)cn1. The lowest BCUT2D eigenvalue weighted by Gasteiger charge is -2.12. The first-order valence-corrected chi connectivity index (χ1v) is 8.03. The van der Waals surface area contributed by atoms with E-state index >= 15 is 0 Å². The zero-order valence-corrected chi connectivity index (χ0v) is 14.3. The molecule has 0 radical (unpaired) electrons. The number of rotatable bonds is 4. The summed E-state index contributed by atoms with van der Waals surface area (Å²) in [6.07, 6.45) is -2.09. The number of carbonyl (C=O) groups excluding carboxylic acids is 1. The van der Waals surface area contributed by atoms with E-state index in [-0.39, 0.29) is 17.2 Å². The summed E-state index contributed by atoms with van der Waals surface area (Å²) in [5.74, 6) is -0.271. The van der Waals surface area contributed by atoms with Crippen LogP contribution in [0.2, 0.25) is 5.02 Å². The lowest BCUT2D eigenvalue weighted by molar-refractivity contribution is -0.137. The van der Waals surface area contributed by atoms with Crippen molar-refractivity contribution >= 4 is 34.7 Å². The third-order valence-electron chi connectivity index (χ3n) is 3.46. The zero-order valence-electron chi connectivity index (χ0n) is 13.6. The van der Waals surface area contributed by atoms with Crippen molar-refractivity contribution in [2.75, 3.05) is 10.6 Å². The number of para-hydroxylation sites is 1. The summed E-state index contributed by atoms with van der Waals surface area (Å²) in [7, 11) is 0. The Bertz CT molecular complexity index is 947. The number of hydrogen-bond acceptors (Lipinski definition) is 4. The molecule has 138 valence electrons. The molecule has 1 amide bonds. The normalized spacial score (nSPS) is 11.1. The van der Waals surface area contributed by atoms with E-state index in [0.717, 1.165) is 12.1 Å². The van der Waals surface area contributed by atoms with Crippen molar-refractivity contribution < 1.29 is 18.0 Å². The smallest absolute Gasteiger partial charge is 0.339 e. The van der Waals surface area contributed by atoms with Crippen molar-refractivity contribution in [3.8, 4) is 0 Å². The average Bonchev–Trinajstić information content (AvgIpc) is 2.64. The topological polar surface area (TPSA) is 66.9 Å². The molecule has 0 spiro atoms. The van der Waals surface area contributed by atoms with E-state index in [9.17, 15) is 18.0 Å². The van der Waals surface area contributed by atoms with E-state index in [0.29, 0.717) is 5.69 Å². The number of amides is 1. The highest BCUT2D eigenvalue weighted by atomic mass is 35.5. The summed E-state index contributed by atoms with van der Waals surface area (Å²) in [6, 6.07) is 12.2. The Kier molecular flexibility index (Phi) is 5.27. The van der Waals surface area contributed by atoms with E-state index in [1.54, 1.807) is 24.3 Å². The van der Waals surface area contributed by atoms with Crippen LogP contribution in [0, 0.1) is 0 Å². The van der Waals surface area contributed by atoms with Gasteiger partial charge in [-0.1, -0.05) is 29.8 Å². The molecule has 5 nitrogen and oxygen atoms in total. The molecule has 0 bridgehead atoms. The standard InChI is InChI=1S/C18H12ClF3N4O/c19-14-7-6-12(8-13(14)18(20,21)22)25-16-10-23-15(9-24-16)17(27)26-11-4-2-1-3-5-11/h1-10H,(H,24,25)(H,26,27). The molecule has 0 unspecified atom stereocenters. The Morgan fingerprint density at radius 2 is 1.70 bits per heavy atom. The number of anilines is 3. The third kappa shape index (κ3) is 4.73. The molecule has 0 saturated heterocycles. The molecule has 3 rings (SSSR count). The van der Waals surface area contributed by atoms with Crippen LogP contribution in [0.25, 0.3) is 0 Å². The Hall–Kier alpha value is -3.13. The molecule has 1 heterocycles. The molecular weight excluding hydrogens is 381 g/mol. The monoisotopic (exact) mass is 392 g/mol.